The molecule has 0 saturated heterocycles. The normalized spacial score (nSPS) is 9.00. The zero-order valence-corrected chi connectivity index (χ0v) is 8.16. The highest BCUT2D eigenvalue weighted by atomic mass is 16.5. The van der Waals surface area contributed by atoms with E-state index in [1.165, 1.54) is 0 Å². The lowest BCUT2D eigenvalue weighted by molar-refractivity contribution is -0.136. The molecule has 0 aliphatic rings. The van der Waals surface area contributed by atoms with Crippen LogP contribution in [0.2, 0.25) is 0 Å². The number of aryl methyl sites for hydroxylation is 1. The zero-order chi connectivity index (χ0) is 10.4. The van der Waals surface area contributed by atoms with Crippen LogP contribution >= 0.6 is 0 Å². The number of nitrogens with zero attached hydrogens (tertiary/aromatic N) is 1. The van der Waals surface area contributed by atoms with E-state index in [0.29, 0.717) is 12.3 Å². The first-order valence-electron chi connectivity index (χ1n) is 4.40. The monoisotopic (exact) mass is 193 g/mol. The molecular formula is C10H11NO3. The van der Waals surface area contributed by atoms with Gasteiger partial charge in [0.15, 0.2) is 5.69 Å². The largest absolute Gasteiger partial charge is 0.456 e. The minimum absolute atomic E-state index is 0.326. The number of ether oxygens (including phenoxy) is 1. The highest BCUT2D eigenvalue weighted by Crippen LogP contribution is 2.01. The highest BCUT2D eigenvalue weighted by Gasteiger charge is 1.99. The van der Waals surface area contributed by atoms with Crippen molar-refractivity contribution < 1.29 is 14.1 Å². The second-order valence-electron chi connectivity index (χ2n) is 2.50. The fourth-order valence-corrected chi connectivity index (χ4v) is 0.821. The Morgan fingerprint density at radius 1 is 1.64 bits per heavy atom. The summed E-state index contributed by atoms with van der Waals surface area (Å²) in [5.41, 5.74) is 0.454. The van der Waals surface area contributed by atoms with Crippen molar-refractivity contribution in [3.63, 3.8) is 0 Å². The molecule has 0 amide bonds. The first kappa shape index (κ1) is 10.3. The van der Waals surface area contributed by atoms with Crippen LogP contribution in [0, 0.1) is 11.8 Å². The van der Waals surface area contributed by atoms with Gasteiger partial charge in [-0.25, -0.2) is 4.79 Å². The van der Waals surface area contributed by atoms with Crippen molar-refractivity contribution in [1.29, 1.82) is 0 Å². The molecule has 4 heteroatoms. The van der Waals surface area contributed by atoms with E-state index < -0.39 is 5.97 Å². The molecule has 0 saturated carbocycles. The Kier molecular flexibility index (Phi) is 3.74. The maximum absolute atomic E-state index is 10.8. The first-order chi connectivity index (χ1) is 6.76. The molecule has 0 spiro atoms. The molecule has 0 fully saturated rings. The predicted molar refractivity (Wildman–Crippen MR) is 49.4 cm³/mol. The van der Waals surface area contributed by atoms with Gasteiger partial charge in [0.2, 0.25) is 0 Å². The summed E-state index contributed by atoms with van der Waals surface area (Å²) in [6, 6.07) is 1.70. The van der Waals surface area contributed by atoms with Gasteiger partial charge in [0.05, 0.1) is 6.61 Å². The van der Waals surface area contributed by atoms with Gasteiger partial charge in [-0.05, 0) is 12.8 Å². The van der Waals surface area contributed by atoms with Crippen molar-refractivity contribution >= 4 is 5.97 Å². The Labute approximate surface area is 82.2 Å². The number of esters is 1. The highest BCUT2D eigenvalue weighted by molar-refractivity contribution is 5.88. The standard InChI is InChI=1S/C10H11NO3/c1-3-9-7-8(11-14-9)5-6-10(12)13-4-2/h7H,3-4H2,1-2H3. The van der Waals surface area contributed by atoms with E-state index in [1.54, 1.807) is 13.0 Å². The van der Waals surface area contributed by atoms with Crippen LogP contribution in [0.4, 0.5) is 0 Å². The van der Waals surface area contributed by atoms with Crippen LogP contribution in [0.15, 0.2) is 10.6 Å². The average Bonchev–Trinajstić information content (AvgIpc) is 2.63. The molecule has 0 aromatic carbocycles. The lowest BCUT2D eigenvalue weighted by Gasteiger charge is -1.89. The van der Waals surface area contributed by atoms with E-state index in [2.05, 4.69) is 21.7 Å². The summed E-state index contributed by atoms with van der Waals surface area (Å²) >= 11 is 0. The molecule has 1 rings (SSSR count). The Morgan fingerprint density at radius 3 is 3.00 bits per heavy atom. The van der Waals surface area contributed by atoms with Crippen LogP contribution in [-0.4, -0.2) is 17.7 Å². The van der Waals surface area contributed by atoms with Crippen molar-refractivity contribution in [3.8, 4) is 11.8 Å². The molecule has 1 aromatic heterocycles. The van der Waals surface area contributed by atoms with Crippen molar-refractivity contribution in [2.24, 2.45) is 0 Å². The topological polar surface area (TPSA) is 52.3 Å². The van der Waals surface area contributed by atoms with E-state index in [4.69, 9.17) is 4.52 Å². The molecule has 0 aliphatic carbocycles. The SMILES string of the molecule is CCOC(=O)C#Cc1cc(CC)on1. The molecule has 74 valence electrons. The maximum atomic E-state index is 10.8. The number of rotatable bonds is 2. The van der Waals surface area contributed by atoms with Gasteiger partial charge in [-0.15, -0.1) is 0 Å². The fraction of sp³-hybridized carbons (Fsp3) is 0.400. The molecule has 4 nitrogen and oxygen atoms in total. The number of aromatic nitrogens is 1. The summed E-state index contributed by atoms with van der Waals surface area (Å²) in [5, 5.41) is 3.66. The number of carbonyl (C=O) groups is 1. The van der Waals surface area contributed by atoms with Gasteiger partial charge in [0.25, 0.3) is 0 Å². The van der Waals surface area contributed by atoms with Crippen LogP contribution in [0.5, 0.6) is 0 Å². The van der Waals surface area contributed by atoms with E-state index in [1.807, 2.05) is 6.92 Å². The first-order valence-corrected chi connectivity index (χ1v) is 4.40. The third kappa shape index (κ3) is 2.94. The molecule has 14 heavy (non-hydrogen) atoms. The molecule has 0 aliphatic heterocycles. The van der Waals surface area contributed by atoms with Gasteiger partial charge in [-0.3, -0.25) is 0 Å². The van der Waals surface area contributed by atoms with Crippen LogP contribution < -0.4 is 0 Å². The molecule has 0 radical (unpaired) electrons. The quantitative estimate of drug-likeness (QED) is 0.522. The maximum Gasteiger partial charge on any atom is 0.384 e. The second kappa shape index (κ2) is 5.07. The van der Waals surface area contributed by atoms with E-state index in [0.717, 1.165) is 12.2 Å². The van der Waals surface area contributed by atoms with Gasteiger partial charge in [-0.1, -0.05) is 12.1 Å². The number of carbonyl (C=O) groups excluding carboxylic acids is 1. The molecular weight excluding hydrogens is 182 g/mol. The minimum Gasteiger partial charge on any atom is -0.456 e. The molecule has 1 heterocycles. The van der Waals surface area contributed by atoms with E-state index in [9.17, 15) is 4.79 Å². The third-order valence-corrected chi connectivity index (χ3v) is 1.48. The Morgan fingerprint density at radius 2 is 2.43 bits per heavy atom. The van der Waals surface area contributed by atoms with Gasteiger partial charge >= 0.3 is 5.97 Å². The second-order valence-corrected chi connectivity index (χ2v) is 2.50. The molecule has 1 aromatic rings. The van der Waals surface area contributed by atoms with Crippen molar-refractivity contribution in [3.05, 3.63) is 17.5 Å². The van der Waals surface area contributed by atoms with Crippen LogP contribution in [0.1, 0.15) is 25.3 Å². The van der Waals surface area contributed by atoms with Crippen molar-refractivity contribution in [2.75, 3.05) is 6.61 Å². The summed E-state index contributed by atoms with van der Waals surface area (Å²) in [7, 11) is 0. The Balaban J connectivity index is 2.62. The van der Waals surface area contributed by atoms with Crippen molar-refractivity contribution in [1.82, 2.24) is 5.16 Å². The Hall–Kier alpha value is -1.76. The summed E-state index contributed by atoms with van der Waals surface area (Å²) in [5.74, 6) is 5.06. The minimum atomic E-state index is -0.548. The fourth-order valence-electron chi connectivity index (χ4n) is 0.821. The van der Waals surface area contributed by atoms with E-state index in [-0.39, 0.29) is 0 Å². The van der Waals surface area contributed by atoms with Gasteiger partial charge in [-0.2, -0.15) is 0 Å². The van der Waals surface area contributed by atoms with Gasteiger partial charge in [0.1, 0.15) is 5.76 Å². The smallest absolute Gasteiger partial charge is 0.384 e. The lowest BCUT2D eigenvalue weighted by Crippen LogP contribution is -1.99. The lowest BCUT2D eigenvalue weighted by atomic mass is 10.3. The number of hydrogen-bond donors (Lipinski definition) is 0. The average molecular weight is 193 g/mol. The summed E-state index contributed by atoms with van der Waals surface area (Å²) in [4.78, 5) is 10.8. The predicted octanol–water partition coefficient (Wildman–Crippen LogP) is 1.15. The van der Waals surface area contributed by atoms with Crippen molar-refractivity contribution in [2.45, 2.75) is 20.3 Å². The molecule has 0 unspecified atom stereocenters. The summed E-state index contributed by atoms with van der Waals surface area (Å²) in [6.07, 6.45) is 0.758. The van der Waals surface area contributed by atoms with Crippen LogP contribution in [0.25, 0.3) is 0 Å². The summed E-state index contributed by atoms with van der Waals surface area (Å²) < 4.78 is 9.53. The number of hydrogen-bond acceptors (Lipinski definition) is 4. The van der Waals surface area contributed by atoms with E-state index >= 15 is 0 Å². The van der Waals surface area contributed by atoms with Crippen LogP contribution in [0.3, 0.4) is 0 Å². The molecule has 0 bridgehead atoms. The molecule has 0 atom stereocenters. The van der Waals surface area contributed by atoms with Gasteiger partial charge < -0.3 is 9.26 Å². The third-order valence-electron chi connectivity index (χ3n) is 1.48. The Bertz CT molecular complexity index is 370. The molecule has 0 N–H and O–H groups in total. The van der Waals surface area contributed by atoms with Gasteiger partial charge in [0, 0.05) is 18.4 Å². The zero-order valence-electron chi connectivity index (χ0n) is 8.16. The van der Waals surface area contributed by atoms with Crippen LogP contribution in [-0.2, 0) is 16.0 Å². The summed E-state index contributed by atoms with van der Waals surface area (Å²) in [6.45, 7) is 4.00.